The number of halogens is 3. The molecule has 0 radical (unpaired) electrons. The molecule has 0 spiro atoms. The number of benzene rings is 1. The minimum atomic E-state index is -2.53. The lowest BCUT2D eigenvalue weighted by molar-refractivity contribution is -0.0220. The predicted molar refractivity (Wildman–Crippen MR) is 73.6 cm³/mol. The molecule has 2 aromatic rings. The van der Waals surface area contributed by atoms with Gasteiger partial charge in [-0.3, -0.25) is 0 Å². The fourth-order valence-corrected chi connectivity index (χ4v) is 2.83. The minimum Gasteiger partial charge on any atom is -0.369 e. The van der Waals surface area contributed by atoms with Crippen LogP contribution in [0, 0.1) is 0 Å². The maximum atomic E-state index is 13.2. The van der Waals surface area contributed by atoms with Crippen LogP contribution in [0.1, 0.15) is 12.8 Å². The third kappa shape index (κ3) is 2.54. The highest BCUT2D eigenvalue weighted by Crippen LogP contribution is 2.34. The molecule has 1 fully saturated rings. The van der Waals surface area contributed by atoms with E-state index in [-0.39, 0.29) is 12.8 Å². The second kappa shape index (κ2) is 4.67. The quantitative estimate of drug-likeness (QED) is 0.800. The van der Waals surface area contributed by atoms with Crippen LogP contribution in [-0.4, -0.2) is 29.0 Å². The van der Waals surface area contributed by atoms with E-state index in [0.29, 0.717) is 13.1 Å². The Kier molecular flexibility index (Phi) is 3.12. The molecular formula is C13H12BrF2N3. The third-order valence-electron chi connectivity index (χ3n) is 3.39. The summed E-state index contributed by atoms with van der Waals surface area (Å²) in [6, 6.07) is 3.86. The second-order valence-electron chi connectivity index (χ2n) is 4.73. The predicted octanol–water partition coefficient (Wildman–Crippen LogP) is 3.63. The van der Waals surface area contributed by atoms with Crippen molar-refractivity contribution in [3.05, 3.63) is 29.1 Å². The first-order valence-corrected chi connectivity index (χ1v) is 6.86. The number of anilines is 1. The molecule has 0 saturated carbocycles. The minimum absolute atomic E-state index is 0.105. The van der Waals surface area contributed by atoms with Crippen LogP contribution >= 0.6 is 15.9 Å². The van der Waals surface area contributed by atoms with Crippen LogP contribution in [0.3, 0.4) is 0 Å². The number of alkyl halides is 2. The van der Waals surface area contributed by atoms with Crippen molar-refractivity contribution in [2.45, 2.75) is 18.8 Å². The lowest BCUT2D eigenvalue weighted by atomic mass is 10.1. The van der Waals surface area contributed by atoms with Crippen LogP contribution in [0.5, 0.6) is 0 Å². The molecule has 1 aromatic heterocycles. The zero-order chi connectivity index (χ0) is 13.5. The van der Waals surface area contributed by atoms with E-state index in [4.69, 9.17) is 0 Å². The first kappa shape index (κ1) is 12.7. The maximum Gasteiger partial charge on any atom is 0.251 e. The Morgan fingerprint density at radius 1 is 1.21 bits per heavy atom. The van der Waals surface area contributed by atoms with E-state index < -0.39 is 5.92 Å². The molecule has 2 heterocycles. The molecule has 0 unspecified atom stereocenters. The van der Waals surface area contributed by atoms with Crippen molar-refractivity contribution in [1.82, 2.24) is 9.97 Å². The smallest absolute Gasteiger partial charge is 0.251 e. The number of hydrogen-bond acceptors (Lipinski definition) is 3. The normalized spacial score (nSPS) is 18.8. The highest BCUT2D eigenvalue weighted by molar-refractivity contribution is 9.10. The molecule has 6 heteroatoms. The lowest BCUT2D eigenvalue weighted by Crippen LogP contribution is -2.39. The molecule has 1 aliphatic heterocycles. The summed E-state index contributed by atoms with van der Waals surface area (Å²) in [5.74, 6) is -2.53. The Morgan fingerprint density at radius 2 is 1.95 bits per heavy atom. The van der Waals surface area contributed by atoms with Gasteiger partial charge < -0.3 is 4.90 Å². The summed E-state index contributed by atoms with van der Waals surface area (Å²) >= 11 is 3.44. The van der Waals surface area contributed by atoms with Crippen molar-refractivity contribution >= 4 is 32.5 Å². The van der Waals surface area contributed by atoms with Crippen LogP contribution in [0.15, 0.2) is 29.1 Å². The lowest BCUT2D eigenvalue weighted by Gasteiger charge is -2.33. The van der Waals surface area contributed by atoms with E-state index in [0.717, 1.165) is 21.1 Å². The highest BCUT2D eigenvalue weighted by atomic mass is 79.9. The molecule has 1 saturated heterocycles. The summed E-state index contributed by atoms with van der Waals surface area (Å²) < 4.78 is 27.4. The molecule has 0 amide bonds. The second-order valence-corrected chi connectivity index (χ2v) is 5.64. The van der Waals surface area contributed by atoms with Crippen molar-refractivity contribution in [2.24, 2.45) is 0 Å². The van der Waals surface area contributed by atoms with E-state index >= 15 is 0 Å². The summed E-state index contributed by atoms with van der Waals surface area (Å²) in [6.45, 7) is 0.700. The van der Waals surface area contributed by atoms with Gasteiger partial charge in [0.25, 0.3) is 5.92 Å². The summed E-state index contributed by atoms with van der Waals surface area (Å²) in [6.07, 6.45) is 3.01. The van der Waals surface area contributed by atoms with Crippen molar-refractivity contribution in [1.29, 1.82) is 0 Å². The van der Waals surface area contributed by atoms with Crippen LogP contribution in [0.4, 0.5) is 14.5 Å². The van der Waals surface area contributed by atoms with Gasteiger partial charge in [0.15, 0.2) is 0 Å². The Bertz CT molecular complexity index is 608. The monoisotopic (exact) mass is 327 g/mol. The van der Waals surface area contributed by atoms with Gasteiger partial charge in [-0.15, -0.1) is 0 Å². The number of rotatable bonds is 1. The number of piperidine rings is 1. The molecule has 1 aromatic carbocycles. The van der Waals surface area contributed by atoms with E-state index in [9.17, 15) is 8.78 Å². The van der Waals surface area contributed by atoms with E-state index in [1.165, 1.54) is 6.33 Å². The largest absolute Gasteiger partial charge is 0.369 e. The van der Waals surface area contributed by atoms with Gasteiger partial charge in [0.2, 0.25) is 0 Å². The summed E-state index contributed by atoms with van der Waals surface area (Å²) in [7, 11) is 0. The number of aromatic nitrogens is 2. The zero-order valence-electron chi connectivity index (χ0n) is 10.1. The van der Waals surface area contributed by atoms with E-state index in [1.54, 1.807) is 6.20 Å². The van der Waals surface area contributed by atoms with Gasteiger partial charge in [-0.05, 0) is 12.1 Å². The first-order valence-electron chi connectivity index (χ1n) is 6.07. The average Bonchev–Trinajstić information content (AvgIpc) is 2.38. The zero-order valence-corrected chi connectivity index (χ0v) is 11.7. The Balaban J connectivity index is 2.01. The highest BCUT2D eigenvalue weighted by Gasteiger charge is 2.34. The topological polar surface area (TPSA) is 29.0 Å². The Morgan fingerprint density at radius 3 is 2.68 bits per heavy atom. The summed E-state index contributed by atoms with van der Waals surface area (Å²) in [5.41, 5.74) is 1.70. The molecule has 0 bridgehead atoms. The van der Waals surface area contributed by atoms with Gasteiger partial charge in [0.1, 0.15) is 6.33 Å². The molecule has 0 N–H and O–H groups in total. The number of fused-ring (bicyclic) bond motifs is 1. The van der Waals surface area contributed by atoms with Gasteiger partial charge in [-0.1, -0.05) is 15.9 Å². The maximum absolute atomic E-state index is 13.2. The molecule has 100 valence electrons. The fourth-order valence-electron chi connectivity index (χ4n) is 2.37. The molecule has 0 atom stereocenters. The molecular weight excluding hydrogens is 316 g/mol. The van der Waals surface area contributed by atoms with E-state index in [2.05, 4.69) is 25.9 Å². The fraction of sp³-hybridized carbons (Fsp3) is 0.385. The van der Waals surface area contributed by atoms with Crippen LogP contribution in [0.2, 0.25) is 0 Å². The van der Waals surface area contributed by atoms with E-state index in [1.807, 2.05) is 17.0 Å². The number of hydrogen-bond donors (Lipinski definition) is 0. The third-order valence-corrected chi connectivity index (χ3v) is 3.84. The van der Waals surface area contributed by atoms with Crippen molar-refractivity contribution in [3.63, 3.8) is 0 Å². The Labute approximate surface area is 117 Å². The van der Waals surface area contributed by atoms with Gasteiger partial charge in [-0.2, -0.15) is 0 Å². The van der Waals surface area contributed by atoms with Crippen LogP contribution in [0.25, 0.3) is 10.9 Å². The molecule has 0 aliphatic carbocycles. The SMILES string of the molecule is FC1(F)CCN(c2cc(Br)cc3cncnc23)CC1. The van der Waals surface area contributed by atoms with Crippen molar-refractivity contribution < 1.29 is 8.78 Å². The van der Waals surface area contributed by atoms with Crippen LogP contribution in [-0.2, 0) is 0 Å². The molecule has 3 nitrogen and oxygen atoms in total. The van der Waals surface area contributed by atoms with Gasteiger partial charge in [0, 0.05) is 42.0 Å². The Hall–Kier alpha value is -1.30. The average molecular weight is 328 g/mol. The van der Waals surface area contributed by atoms with Crippen molar-refractivity contribution in [3.8, 4) is 0 Å². The van der Waals surface area contributed by atoms with Gasteiger partial charge >= 0.3 is 0 Å². The number of nitrogens with zero attached hydrogens (tertiary/aromatic N) is 3. The van der Waals surface area contributed by atoms with Crippen LogP contribution < -0.4 is 4.90 Å². The first-order chi connectivity index (χ1) is 9.05. The molecule has 3 rings (SSSR count). The van der Waals surface area contributed by atoms with Crippen molar-refractivity contribution in [2.75, 3.05) is 18.0 Å². The van der Waals surface area contributed by atoms with Gasteiger partial charge in [0.05, 0.1) is 11.2 Å². The molecule has 19 heavy (non-hydrogen) atoms. The standard InChI is InChI=1S/C13H12BrF2N3/c14-10-5-9-7-17-8-18-12(9)11(6-10)19-3-1-13(15,16)2-4-19/h5-8H,1-4H2. The summed E-state index contributed by atoms with van der Waals surface area (Å²) in [5, 5.41) is 0.907. The summed E-state index contributed by atoms with van der Waals surface area (Å²) in [4.78, 5) is 10.2. The molecule has 1 aliphatic rings. The van der Waals surface area contributed by atoms with Gasteiger partial charge in [-0.25, -0.2) is 18.7 Å².